The van der Waals surface area contributed by atoms with Crippen molar-refractivity contribution in [3.05, 3.63) is 58.4 Å². The van der Waals surface area contributed by atoms with Gasteiger partial charge in [-0.15, -0.1) is 11.8 Å². The van der Waals surface area contributed by atoms with E-state index in [4.69, 9.17) is 4.98 Å². The van der Waals surface area contributed by atoms with Crippen LogP contribution in [0, 0.1) is 13.8 Å². The summed E-state index contributed by atoms with van der Waals surface area (Å²) in [4.78, 5) is 11.3. The Balaban J connectivity index is 1.84. The first-order valence-electron chi connectivity index (χ1n) is 8.37. The molecule has 0 saturated heterocycles. The van der Waals surface area contributed by atoms with E-state index < -0.39 is 0 Å². The summed E-state index contributed by atoms with van der Waals surface area (Å²) in [6, 6.07) is 8.29. The molecule has 1 aliphatic heterocycles. The van der Waals surface area contributed by atoms with Crippen LogP contribution in [-0.2, 0) is 0 Å². The van der Waals surface area contributed by atoms with E-state index in [0.717, 1.165) is 17.1 Å². The minimum atomic E-state index is 0.0436. The molecule has 2 N–H and O–H groups in total. The van der Waals surface area contributed by atoms with E-state index in [2.05, 4.69) is 59.6 Å². The average Bonchev–Trinajstić information content (AvgIpc) is 2.95. The minimum Gasteiger partial charge on any atom is -0.394 e. The van der Waals surface area contributed by atoms with Crippen molar-refractivity contribution in [2.24, 2.45) is 0 Å². The maximum absolute atomic E-state index is 9.56. The maximum atomic E-state index is 9.56. The van der Waals surface area contributed by atoms with Crippen LogP contribution in [0.15, 0.2) is 41.6 Å². The van der Waals surface area contributed by atoms with Gasteiger partial charge in [-0.1, -0.05) is 6.07 Å². The van der Waals surface area contributed by atoms with E-state index in [1.165, 1.54) is 11.1 Å². The lowest BCUT2D eigenvalue weighted by Crippen LogP contribution is -2.34. The Kier molecular flexibility index (Phi) is 5.30. The van der Waals surface area contributed by atoms with Crippen molar-refractivity contribution in [3.63, 3.8) is 0 Å². The van der Waals surface area contributed by atoms with Crippen LogP contribution in [0.4, 0.5) is 11.6 Å². The van der Waals surface area contributed by atoms with Crippen LogP contribution in [0.25, 0.3) is 0 Å². The second kappa shape index (κ2) is 7.45. The lowest BCUT2D eigenvalue weighted by molar-refractivity contribution is 0.159. The zero-order valence-electron chi connectivity index (χ0n) is 15.0. The maximum Gasteiger partial charge on any atom is 0.227 e. The van der Waals surface area contributed by atoms with E-state index in [9.17, 15) is 5.11 Å². The highest BCUT2D eigenvalue weighted by molar-refractivity contribution is 8.02. The quantitative estimate of drug-likeness (QED) is 0.840. The molecule has 1 aromatic carbocycles. The SMILES string of the molecule is CC1=CSC(c2ccnc(Nc3cc(C)cc(C)c3)n2)N1[C@@H](C)CO. The fourth-order valence-electron chi connectivity index (χ4n) is 3.10. The second-order valence-corrected chi connectivity index (χ2v) is 7.45. The Morgan fingerprint density at radius 1 is 1.24 bits per heavy atom. The number of rotatable bonds is 5. The van der Waals surface area contributed by atoms with Crippen LogP contribution >= 0.6 is 11.8 Å². The third kappa shape index (κ3) is 3.96. The molecule has 0 spiro atoms. The highest BCUT2D eigenvalue weighted by Gasteiger charge is 2.30. The Labute approximate surface area is 153 Å². The monoisotopic (exact) mass is 356 g/mol. The number of thioether (sulfide) groups is 1. The van der Waals surface area contributed by atoms with Gasteiger partial charge >= 0.3 is 0 Å². The smallest absolute Gasteiger partial charge is 0.227 e. The fraction of sp³-hybridized carbons (Fsp3) is 0.368. The van der Waals surface area contributed by atoms with Crippen molar-refractivity contribution >= 4 is 23.4 Å². The molecule has 0 bridgehead atoms. The number of nitrogens with zero attached hydrogens (tertiary/aromatic N) is 3. The number of aliphatic hydroxyl groups excluding tert-OH is 1. The molecule has 5 nitrogen and oxygen atoms in total. The highest BCUT2D eigenvalue weighted by Crippen LogP contribution is 2.43. The van der Waals surface area contributed by atoms with Gasteiger partial charge in [-0.25, -0.2) is 9.97 Å². The van der Waals surface area contributed by atoms with Gasteiger partial charge in [0.05, 0.1) is 18.3 Å². The summed E-state index contributed by atoms with van der Waals surface area (Å²) in [5, 5.41) is 15.0. The van der Waals surface area contributed by atoms with Gasteiger partial charge in [0.1, 0.15) is 5.37 Å². The molecule has 25 heavy (non-hydrogen) atoms. The number of hydrogen-bond donors (Lipinski definition) is 2. The van der Waals surface area contributed by atoms with E-state index in [-0.39, 0.29) is 18.0 Å². The first-order valence-corrected chi connectivity index (χ1v) is 9.32. The molecule has 3 rings (SSSR count). The molecule has 2 heterocycles. The van der Waals surface area contributed by atoms with Crippen molar-refractivity contribution in [2.75, 3.05) is 11.9 Å². The number of aliphatic hydroxyl groups is 1. The molecule has 1 unspecified atom stereocenters. The fourth-order valence-corrected chi connectivity index (χ4v) is 4.32. The van der Waals surface area contributed by atoms with Gasteiger partial charge in [0.2, 0.25) is 5.95 Å². The van der Waals surface area contributed by atoms with Gasteiger partial charge < -0.3 is 15.3 Å². The van der Waals surface area contributed by atoms with Crippen LogP contribution in [0.5, 0.6) is 0 Å². The predicted octanol–water partition coefficient (Wildman–Crippen LogP) is 4.13. The number of allylic oxidation sites excluding steroid dienone is 1. The Morgan fingerprint density at radius 3 is 2.64 bits per heavy atom. The summed E-state index contributed by atoms with van der Waals surface area (Å²) >= 11 is 1.71. The Hall–Kier alpha value is -2.05. The summed E-state index contributed by atoms with van der Waals surface area (Å²) in [6.45, 7) is 8.35. The molecule has 0 fully saturated rings. The second-order valence-electron chi connectivity index (χ2n) is 6.49. The number of benzene rings is 1. The number of nitrogens with one attached hydrogen (secondary N) is 1. The van der Waals surface area contributed by atoms with Crippen LogP contribution < -0.4 is 5.32 Å². The van der Waals surface area contributed by atoms with Crippen molar-refractivity contribution < 1.29 is 5.11 Å². The highest BCUT2D eigenvalue weighted by atomic mass is 32.2. The molecule has 2 atom stereocenters. The Morgan fingerprint density at radius 2 is 1.96 bits per heavy atom. The summed E-state index contributed by atoms with van der Waals surface area (Å²) in [5.74, 6) is 0.587. The molecule has 0 radical (unpaired) electrons. The van der Waals surface area contributed by atoms with Crippen LogP contribution in [0.2, 0.25) is 0 Å². The molecule has 1 aliphatic rings. The first kappa shape index (κ1) is 17.8. The zero-order chi connectivity index (χ0) is 18.0. The normalized spacial score (nSPS) is 18.2. The number of aromatic nitrogens is 2. The van der Waals surface area contributed by atoms with Crippen LogP contribution in [0.3, 0.4) is 0 Å². The summed E-state index contributed by atoms with van der Waals surface area (Å²) in [5.41, 5.74) is 5.48. The Bertz CT molecular complexity index is 772. The van der Waals surface area contributed by atoms with E-state index in [1.54, 1.807) is 18.0 Å². The van der Waals surface area contributed by atoms with Crippen molar-refractivity contribution in [2.45, 2.75) is 39.1 Å². The van der Waals surface area contributed by atoms with Crippen LogP contribution in [0.1, 0.15) is 36.0 Å². The van der Waals surface area contributed by atoms with Crippen molar-refractivity contribution in [1.82, 2.24) is 14.9 Å². The van der Waals surface area contributed by atoms with Crippen LogP contribution in [-0.4, -0.2) is 32.6 Å². The van der Waals surface area contributed by atoms with Gasteiger partial charge in [-0.2, -0.15) is 0 Å². The summed E-state index contributed by atoms with van der Waals surface area (Å²) in [6.07, 6.45) is 1.78. The average molecular weight is 356 g/mol. The molecule has 0 amide bonds. The lowest BCUT2D eigenvalue weighted by atomic mass is 10.1. The summed E-state index contributed by atoms with van der Waals surface area (Å²) < 4.78 is 0. The molecule has 0 aliphatic carbocycles. The lowest BCUT2D eigenvalue weighted by Gasteiger charge is -2.32. The summed E-state index contributed by atoms with van der Waals surface area (Å²) in [7, 11) is 0. The topological polar surface area (TPSA) is 61.3 Å². The molecular formula is C19H24N4OS. The first-order chi connectivity index (χ1) is 12.0. The minimum absolute atomic E-state index is 0.0436. The number of hydrogen-bond acceptors (Lipinski definition) is 6. The van der Waals surface area contributed by atoms with Gasteiger partial charge in [-0.05, 0) is 62.4 Å². The predicted molar refractivity (Wildman–Crippen MR) is 104 cm³/mol. The number of anilines is 2. The van der Waals surface area contributed by atoms with Gasteiger partial charge in [0.15, 0.2) is 0 Å². The largest absolute Gasteiger partial charge is 0.394 e. The molecule has 2 aromatic rings. The molecule has 6 heteroatoms. The number of aryl methyl sites for hydroxylation is 2. The van der Waals surface area contributed by atoms with E-state index >= 15 is 0 Å². The standard InChI is InChI=1S/C19H24N4OS/c1-12-7-13(2)9-16(8-12)21-19-20-6-5-17(22-19)18-23(14(3)10-24)15(4)11-25-18/h5-9,11,14,18,24H,10H2,1-4H3,(H,20,21,22)/t14-,18?/m0/s1. The van der Waals surface area contributed by atoms with Gasteiger partial charge in [0.25, 0.3) is 0 Å². The molecule has 1 aromatic heterocycles. The molecular weight excluding hydrogens is 332 g/mol. The molecule has 132 valence electrons. The van der Waals surface area contributed by atoms with Crippen molar-refractivity contribution in [3.8, 4) is 0 Å². The van der Waals surface area contributed by atoms with Crippen molar-refractivity contribution in [1.29, 1.82) is 0 Å². The van der Waals surface area contributed by atoms with Gasteiger partial charge in [0, 0.05) is 17.6 Å². The van der Waals surface area contributed by atoms with E-state index in [0.29, 0.717) is 5.95 Å². The van der Waals surface area contributed by atoms with Gasteiger partial charge in [-0.3, -0.25) is 0 Å². The zero-order valence-corrected chi connectivity index (χ0v) is 15.8. The third-order valence-corrected chi connectivity index (χ3v) is 5.38. The third-order valence-electron chi connectivity index (χ3n) is 4.17. The van der Waals surface area contributed by atoms with E-state index in [1.807, 2.05) is 13.0 Å². The molecule has 0 saturated carbocycles.